The van der Waals surface area contributed by atoms with E-state index in [9.17, 15) is 5.11 Å². The smallest absolute Gasteiger partial charge is 0.264 e. The maximum Gasteiger partial charge on any atom is 0.264 e. The highest BCUT2D eigenvalue weighted by atomic mass is 16.5. The van der Waals surface area contributed by atoms with Crippen molar-refractivity contribution in [2.45, 2.75) is 32.7 Å². The molecule has 0 amide bonds. The van der Waals surface area contributed by atoms with Gasteiger partial charge < -0.3 is 19.1 Å². The first-order valence-electron chi connectivity index (χ1n) is 6.25. The molecule has 1 aromatic carbocycles. The monoisotopic (exact) mass is 278 g/mol. The molecule has 1 heterocycles. The van der Waals surface area contributed by atoms with Gasteiger partial charge in [-0.25, -0.2) is 0 Å². The van der Waals surface area contributed by atoms with Crippen molar-refractivity contribution in [1.29, 1.82) is 0 Å². The number of nitrogens with zero attached hydrogens (tertiary/aromatic N) is 2. The molecule has 0 saturated heterocycles. The zero-order valence-corrected chi connectivity index (χ0v) is 11.8. The minimum atomic E-state index is -0.861. The molecule has 0 aliphatic rings. The van der Waals surface area contributed by atoms with Crippen molar-refractivity contribution < 1.29 is 19.1 Å². The van der Waals surface area contributed by atoms with E-state index in [-0.39, 0.29) is 6.61 Å². The van der Waals surface area contributed by atoms with Gasteiger partial charge in [0.05, 0.1) is 5.60 Å². The molecule has 1 aromatic heterocycles. The summed E-state index contributed by atoms with van der Waals surface area (Å²) in [5, 5.41) is 13.6. The van der Waals surface area contributed by atoms with Gasteiger partial charge in [0, 0.05) is 7.11 Å². The summed E-state index contributed by atoms with van der Waals surface area (Å²) < 4.78 is 15.4. The van der Waals surface area contributed by atoms with Gasteiger partial charge in [-0.15, -0.1) is 0 Å². The van der Waals surface area contributed by atoms with Gasteiger partial charge in [-0.3, -0.25) is 0 Å². The Labute approximate surface area is 117 Å². The van der Waals surface area contributed by atoms with E-state index in [1.807, 2.05) is 12.1 Å². The SMILES string of the molecule is COCc1noc(COc2ccc(C(C)(C)O)cc2)n1. The predicted molar refractivity (Wildman–Crippen MR) is 71.0 cm³/mol. The molecule has 0 aliphatic heterocycles. The van der Waals surface area contributed by atoms with Crippen molar-refractivity contribution in [1.82, 2.24) is 10.1 Å². The number of hydrogen-bond acceptors (Lipinski definition) is 6. The maximum atomic E-state index is 9.86. The van der Waals surface area contributed by atoms with E-state index in [0.29, 0.717) is 24.1 Å². The molecule has 108 valence electrons. The third-order valence-corrected chi connectivity index (χ3v) is 2.71. The second-order valence-electron chi connectivity index (χ2n) is 4.91. The minimum absolute atomic E-state index is 0.193. The number of ether oxygens (including phenoxy) is 2. The summed E-state index contributed by atoms with van der Waals surface area (Å²) in [5.74, 6) is 1.55. The van der Waals surface area contributed by atoms with Crippen LogP contribution in [0.5, 0.6) is 5.75 Å². The molecule has 20 heavy (non-hydrogen) atoms. The molecule has 6 heteroatoms. The molecule has 2 rings (SSSR count). The van der Waals surface area contributed by atoms with Crippen LogP contribution in [0.15, 0.2) is 28.8 Å². The predicted octanol–water partition coefficient (Wildman–Crippen LogP) is 2.02. The molecule has 0 fully saturated rings. The van der Waals surface area contributed by atoms with Crippen LogP contribution in [0, 0.1) is 0 Å². The van der Waals surface area contributed by atoms with Crippen LogP contribution in [0.1, 0.15) is 31.1 Å². The van der Waals surface area contributed by atoms with E-state index < -0.39 is 5.60 Å². The summed E-state index contributed by atoms with van der Waals surface area (Å²) in [4.78, 5) is 4.10. The molecule has 0 radical (unpaired) electrons. The highest BCUT2D eigenvalue weighted by molar-refractivity contribution is 5.30. The van der Waals surface area contributed by atoms with Crippen LogP contribution in [0.25, 0.3) is 0 Å². The van der Waals surface area contributed by atoms with Crippen molar-refractivity contribution in [3.8, 4) is 5.75 Å². The van der Waals surface area contributed by atoms with Crippen LogP contribution < -0.4 is 4.74 Å². The van der Waals surface area contributed by atoms with Crippen LogP contribution in [-0.4, -0.2) is 22.4 Å². The number of aliphatic hydroxyl groups is 1. The van der Waals surface area contributed by atoms with Crippen molar-refractivity contribution in [3.63, 3.8) is 0 Å². The van der Waals surface area contributed by atoms with Gasteiger partial charge in [-0.2, -0.15) is 4.98 Å². The van der Waals surface area contributed by atoms with Crippen LogP contribution >= 0.6 is 0 Å². The molecule has 0 saturated carbocycles. The fourth-order valence-corrected chi connectivity index (χ4v) is 1.64. The first-order chi connectivity index (χ1) is 9.49. The fourth-order valence-electron chi connectivity index (χ4n) is 1.64. The number of benzene rings is 1. The van der Waals surface area contributed by atoms with Crippen molar-refractivity contribution in [2.75, 3.05) is 7.11 Å². The molecule has 0 atom stereocenters. The third-order valence-electron chi connectivity index (χ3n) is 2.71. The van der Waals surface area contributed by atoms with Gasteiger partial charge >= 0.3 is 0 Å². The normalized spacial score (nSPS) is 11.6. The van der Waals surface area contributed by atoms with E-state index in [2.05, 4.69) is 10.1 Å². The molecule has 1 N–H and O–H groups in total. The lowest BCUT2D eigenvalue weighted by Gasteiger charge is -2.17. The largest absolute Gasteiger partial charge is 0.484 e. The number of aromatic nitrogens is 2. The van der Waals surface area contributed by atoms with Crippen molar-refractivity contribution in [2.24, 2.45) is 0 Å². The lowest BCUT2D eigenvalue weighted by molar-refractivity contribution is 0.0785. The van der Waals surface area contributed by atoms with Crippen LogP contribution in [0.4, 0.5) is 0 Å². The standard InChI is InChI=1S/C14H18N2O4/c1-14(2,17)10-4-6-11(7-5-10)19-9-13-15-12(8-18-3)16-20-13/h4-7,17H,8-9H2,1-3H3. The lowest BCUT2D eigenvalue weighted by atomic mass is 9.99. The second-order valence-corrected chi connectivity index (χ2v) is 4.91. The van der Waals surface area contributed by atoms with E-state index in [1.165, 1.54) is 0 Å². The molecule has 2 aromatic rings. The van der Waals surface area contributed by atoms with Gasteiger partial charge in [0.25, 0.3) is 5.89 Å². The van der Waals surface area contributed by atoms with E-state index in [0.717, 1.165) is 5.56 Å². The molecular weight excluding hydrogens is 260 g/mol. The summed E-state index contributed by atoms with van der Waals surface area (Å²) in [6.45, 7) is 3.97. The summed E-state index contributed by atoms with van der Waals surface area (Å²) in [6, 6.07) is 7.22. The quantitative estimate of drug-likeness (QED) is 0.871. The number of hydrogen-bond donors (Lipinski definition) is 1. The Morgan fingerprint density at radius 2 is 1.90 bits per heavy atom. The Morgan fingerprint density at radius 1 is 1.20 bits per heavy atom. The van der Waals surface area contributed by atoms with Gasteiger partial charge in [0.15, 0.2) is 12.4 Å². The first-order valence-corrected chi connectivity index (χ1v) is 6.25. The van der Waals surface area contributed by atoms with Crippen LogP contribution in [0.3, 0.4) is 0 Å². The average molecular weight is 278 g/mol. The molecule has 0 aliphatic carbocycles. The van der Waals surface area contributed by atoms with Gasteiger partial charge in [-0.1, -0.05) is 17.3 Å². The average Bonchev–Trinajstić information content (AvgIpc) is 2.84. The Hall–Kier alpha value is -1.92. The van der Waals surface area contributed by atoms with Crippen LogP contribution in [-0.2, 0) is 23.6 Å². The highest BCUT2D eigenvalue weighted by Crippen LogP contribution is 2.22. The van der Waals surface area contributed by atoms with Gasteiger partial charge in [-0.05, 0) is 31.5 Å². The molecule has 0 spiro atoms. The van der Waals surface area contributed by atoms with E-state index in [4.69, 9.17) is 14.0 Å². The summed E-state index contributed by atoms with van der Waals surface area (Å²) in [7, 11) is 1.57. The van der Waals surface area contributed by atoms with Gasteiger partial charge in [0.2, 0.25) is 0 Å². The molecule has 6 nitrogen and oxygen atoms in total. The molecule has 0 unspecified atom stereocenters. The summed E-state index contributed by atoms with van der Waals surface area (Å²) >= 11 is 0. The van der Waals surface area contributed by atoms with E-state index >= 15 is 0 Å². The summed E-state index contributed by atoms with van der Waals surface area (Å²) in [6.07, 6.45) is 0. The van der Waals surface area contributed by atoms with Crippen LogP contribution in [0.2, 0.25) is 0 Å². The van der Waals surface area contributed by atoms with Crippen molar-refractivity contribution >= 4 is 0 Å². The Kier molecular flexibility index (Phi) is 4.36. The zero-order valence-electron chi connectivity index (χ0n) is 11.8. The highest BCUT2D eigenvalue weighted by Gasteiger charge is 2.15. The topological polar surface area (TPSA) is 77.6 Å². The Morgan fingerprint density at radius 3 is 2.50 bits per heavy atom. The number of rotatable bonds is 6. The molecule has 0 bridgehead atoms. The second kappa shape index (κ2) is 6.02. The first kappa shape index (κ1) is 14.5. The third kappa shape index (κ3) is 3.79. The maximum absolute atomic E-state index is 9.86. The van der Waals surface area contributed by atoms with Gasteiger partial charge in [0.1, 0.15) is 12.4 Å². The lowest BCUT2D eigenvalue weighted by Crippen LogP contribution is -2.14. The summed E-state index contributed by atoms with van der Waals surface area (Å²) in [5.41, 5.74) is -0.0369. The Balaban J connectivity index is 1.93. The zero-order chi connectivity index (χ0) is 14.6. The number of methoxy groups -OCH3 is 1. The Bertz CT molecular complexity index is 543. The fraction of sp³-hybridized carbons (Fsp3) is 0.429. The minimum Gasteiger partial charge on any atom is -0.484 e. The van der Waals surface area contributed by atoms with E-state index in [1.54, 1.807) is 33.1 Å². The molecular formula is C14H18N2O4. The van der Waals surface area contributed by atoms with Crippen molar-refractivity contribution in [3.05, 3.63) is 41.5 Å².